The zero-order valence-electron chi connectivity index (χ0n) is 16.3. The van der Waals surface area contributed by atoms with Gasteiger partial charge in [0, 0.05) is 42.8 Å². The Hall–Kier alpha value is -2.56. The Kier molecular flexibility index (Phi) is 6.33. The van der Waals surface area contributed by atoms with Crippen LogP contribution in [0.25, 0.3) is 0 Å². The van der Waals surface area contributed by atoms with Crippen molar-refractivity contribution in [1.82, 2.24) is 9.47 Å². The maximum absolute atomic E-state index is 13.2. The smallest absolute Gasteiger partial charge is 0.223 e. The quantitative estimate of drug-likeness (QED) is 0.580. The molecule has 0 radical (unpaired) electrons. The SMILES string of the molecule is O=C(C[C@H](Cn1cccc1)c1ccc(Cl)cc1)N1CCO[C@@H](c2ccccc2)C1. The summed E-state index contributed by atoms with van der Waals surface area (Å²) < 4.78 is 8.04. The number of nitrogens with zero attached hydrogens (tertiary/aromatic N) is 2. The van der Waals surface area contributed by atoms with Crippen molar-refractivity contribution >= 4 is 17.5 Å². The van der Waals surface area contributed by atoms with Gasteiger partial charge in [-0.25, -0.2) is 0 Å². The van der Waals surface area contributed by atoms with Crippen LogP contribution in [0.4, 0.5) is 0 Å². The number of ether oxygens (including phenoxy) is 1. The van der Waals surface area contributed by atoms with Crippen molar-refractivity contribution in [2.45, 2.75) is 25.0 Å². The molecule has 1 aromatic heterocycles. The van der Waals surface area contributed by atoms with E-state index in [9.17, 15) is 4.79 Å². The molecule has 2 heterocycles. The first-order valence-electron chi connectivity index (χ1n) is 9.99. The first kappa shape index (κ1) is 19.7. The number of carbonyl (C=O) groups is 1. The van der Waals surface area contributed by atoms with Gasteiger partial charge in [0.25, 0.3) is 0 Å². The lowest BCUT2D eigenvalue weighted by molar-refractivity contribution is -0.139. The Morgan fingerprint density at radius 1 is 1.03 bits per heavy atom. The molecular weight excluding hydrogens is 384 g/mol. The number of aromatic nitrogens is 1. The second-order valence-corrected chi connectivity index (χ2v) is 7.88. The van der Waals surface area contributed by atoms with Crippen molar-refractivity contribution in [2.24, 2.45) is 0 Å². The summed E-state index contributed by atoms with van der Waals surface area (Å²) in [4.78, 5) is 15.1. The van der Waals surface area contributed by atoms with Gasteiger partial charge in [-0.15, -0.1) is 0 Å². The lowest BCUT2D eigenvalue weighted by Crippen LogP contribution is -2.42. The van der Waals surface area contributed by atoms with E-state index in [2.05, 4.69) is 16.7 Å². The van der Waals surface area contributed by atoms with Gasteiger partial charge < -0.3 is 14.2 Å². The summed E-state index contributed by atoms with van der Waals surface area (Å²) in [6.45, 7) is 2.56. The molecule has 150 valence electrons. The second-order valence-electron chi connectivity index (χ2n) is 7.44. The van der Waals surface area contributed by atoms with E-state index < -0.39 is 0 Å². The van der Waals surface area contributed by atoms with E-state index in [0.29, 0.717) is 31.1 Å². The molecule has 4 rings (SSSR count). The minimum absolute atomic E-state index is 0.0627. The molecule has 0 bridgehead atoms. The van der Waals surface area contributed by atoms with Crippen LogP contribution in [0.1, 0.15) is 29.6 Å². The topological polar surface area (TPSA) is 34.5 Å². The van der Waals surface area contributed by atoms with E-state index in [-0.39, 0.29) is 17.9 Å². The Bertz CT molecular complexity index is 910. The normalized spacial score (nSPS) is 17.8. The Labute approximate surface area is 176 Å². The van der Waals surface area contributed by atoms with Crippen molar-refractivity contribution in [3.05, 3.63) is 95.3 Å². The van der Waals surface area contributed by atoms with Crippen LogP contribution < -0.4 is 0 Å². The molecule has 0 spiro atoms. The van der Waals surface area contributed by atoms with Crippen LogP contribution in [0.5, 0.6) is 0 Å². The third-order valence-electron chi connectivity index (χ3n) is 5.45. The molecule has 2 atom stereocenters. The summed E-state index contributed by atoms with van der Waals surface area (Å²) in [6, 6.07) is 22.0. The molecule has 1 fully saturated rings. The third-order valence-corrected chi connectivity index (χ3v) is 5.70. The highest BCUT2D eigenvalue weighted by atomic mass is 35.5. The minimum Gasteiger partial charge on any atom is -0.370 e. The van der Waals surface area contributed by atoms with Crippen LogP contribution in [0.3, 0.4) is 0 Å². The lowest BCUT2D eigenvalue weighted by Gasteiger charge is -2.34. The minimum atomic E-state index is -0.0627. The van der Waals surface area contributed by atoms with Crippen LogP contribution in [-0.2, 0) is 16.1 Å². The highest BCUT2D eigenvalue weighted by Gasteiger charge is 2.27. The lowest BCUT2D eigenvalue weighted by atomic mass is 9.94. The summed E-state index contributed by atoms with van der Waals surface area (Å²) in [6.07, 6.45) is 4.47. The van der Waals surface area contributed by atoms with Gasteiger partial charge >= 0.3 is 0 Å². The van der Waals surface area contributed by atoms with Crippen molar-refractivity contribution in [3.63, 3.8) is 0 Å². The van der Waals surface area contributed by atoms with Crippen LogP contribution in [-0.4, -0.2) is 35.1 Å². The highest BCUT2D eigenvalue weighted by molar-refractivity contribution is 6.30. The number of hydrogen-bond acceptors (Lipinski definition) is 2. The first-order chi connectivity index (χ1) is 14.2. The van der Waals surface area contributed by atoms with Gasteiger partial charge in [-0.2, -0.15) is 0 Å². The van der Waals surface area contributed by atoms with Gasteiger partial charge in [-0.3, -0.25) is 4.79 Å². The van der Waals surface area contributed by atoms with Crippen molar-refractivity contribution in [3.8, 4) is 0 Å². The van der Waals surface area contributed by atoms with Crippen LogP contribution >= 0.6 is 11.6 Å². The molecule has 1 saturated heterocycles. The fourth-order valence-electron chi connectivity index (χ4n) is 3.85. The number of carbonyl (C=O) groups excluding carboxylic acids is 1. The molecule has 2 aromatic carbocycles. The number of morpholine rings is 1. The van der Waals surface area contributed by atoms with Gasteiger partial charge in [-0.1, -0.05) is 54.1 Å². The van der Waals surface area contributed by atoms with Crippen LogP contribution in [0.15, 0.2) is 79.1 Å². The summed E-state index contributed by atoms with van der Waals surface area (Å²) >= 11 is 6.07. The monoisotopic (exact) mass is 408 g/mol. The van der Waals surface area contributed by atoms with Crippen molar-refractivity contribution in [2.75, 3.05) is 19.7 Å². The zero-order chi connectivity index (χ0) is 20.1. The van der Waals surface area contributed by atoms with E-state index in [1.54, 1.807) is 0 Å². The molecule has 5 heteroatoms. The summed E-state index contributed by atoms with van der Waals surface area (Å²) in [7, 11) is 0. The van der Waals surface area contributed by atoms with Gasteiger partial charge in [0.05, 0.1) is 13.2 Å². The summed E-state index contributed by atoms with van der Waals surface area (Å²) in [5.41, 5.74) is 2.25. The first-order valence-corrected chi connectivity index (χ1v) is 10.4. The summed E-state index contributed by atoms with van der Waals surface area (Å²) in [5, 5.41) is 0.707. The summed E-state index contributed by atoms with van der Waals surface area (Å²) in [5.74, 6) is 0.256. The molecule has 1 aliphatic heterocycles. The predicted octanol–water partition coefficient (Wildman–Crippen LogP) is 4.92. The van der Waals surface area contributed by atoms with Crippen molar-refractivity contribution in [1.29, 1.82) is 0 Å². The van der Waals surface area contributed by atoms with Gasteiger partial charge in [-0.05, 0) is 35.4 Å². The molecule has 0 N–H and O–H groups in total. The largest absolute Gasteiger partial charge is 0.370 e. The number of amides is 1. The Balaban J connectivity index is 1.47. The number of rotatable bonds is 6. The van der Waals surface area contributed by atoms with Gasteiger partial charge in [0.15, 0.2) is 0 Å². The van der Waals surface area contributed by atoms with Crippen LogP contribution in [0.2, 0.25) is 5.02 Å². The standard InChI is InChI=1S/C24H25ClN2O2/c25-22-10-8-19(9-11-22)21(17-26-12-4-5-13-26)16-24(28)27-14-15-29-23(18-27)20-6-2-1-3-7-20/h1-13,21,23H,14-18H2/t21-,23-/m1/s1. The van der Waals surface area contributed by atoms with E-state index in [1.165, 1.54) is 0 Å². The molecule has 0 saturated carbocycles. The second kappa shape index (κ2) is 9.29. The van der Waals surface area contributed by atoms with Crippen LogP contribution in [0, 0.1) is 0 Å². The average Bonchev–Trinajstić information content (AvgIpc) is 3.28. The van der Waals surface area contributed by atoms with E-state index in [1.807, 2.05) is 71.9 Å². The fraction of sp³-hybridized carbons (Fsp3) is 0.292. The van der Waals surface area contributed by atoms with Gasteiger partial charge in [0.1, 0.15) is 6.10 Å². The maximum atomic E-state index is 13.2. The molecule has 0 unspecified atom stereocenters. The zero-order valence-corrected chi connectivity index (χ0v) is 17.0. The van der Waals surface area contributed by atoms with Crippen molar-refractivity contribution < 1.29 is 9.53 Å². The van der Waals surface area contributed by atoms with E-state index in [4.69, 9.17) is 16.3 Å². The van der Waals surface area contributed by atoms with Gasteiger partial charge in [0.2, 0.25) is 5.91 Å². The predicted molar refractivity (Wildman–Crippen MR) is 115 cm³/mol. The number of halogens is 1. The Morgan fingerprint density at radius 2 is 1.76 bits per heavy atom. The molecular formula is C24H25ClN2O2. The highest BCUT2D eigenvalue weighted by Crippen LogP contribution is 2.27. The Morgan fingerprint density at radius 3 is 2.48 bits per heavy atom. The average molecular weight is 409 g/mol. The fourth-order valence-corrected chi connectivity index (χ4v) is 3.98. The number of benzene rings is 2. The third kappa shape index (κ3) is 5.08. The van der Waals surface area contributed by atoms with E-state index in [0.717, 1.165) is 17.7 Å². The molecule has 4 nitrogen and oxygen atoms in total. The molecule has 1 aliphatic rings. The maximum Gasteiger partial charge on any atom is 0.223 e. The molecule has 0 aliphatic carbocycles. The van der Waals surface area contributed by atoms with E-state index >= 15 is 0 Å². The number of hydrogen-bond donors (Lipinski definition) is 0. The molecule has 1 amide bonds. The molecule has 3 aromatic rings. The molecule has 29 heavy (non-hydrogen) atoms.